The van der Waals surface area contributed by atoms with Crippen molar-refractivity contribution in [2.75, 3.05) is 6.61 Å². The first-order valence-corrected chi connectivity index (χ1v) is 8.42. The summed E-state index contributed by atoms with van der Waals surface area (Å²) in [6.45, 7) is -0.162. The SMILES string of the molecule is O=C(COc1ccc(Cl)cc1)N/N=C\c1ccc(-c2cccc(Cl)c2)o1. The standard InChI is InChI=1S/C19H14Cl2N2O3/c20-14-4-6-16(7-5-14)25-12-19(24)23-22-11-17-8-9-18(26-17)13-2-1-3-15(21)10-13/h1-11H,12H2,(H,23,24)/b22-11-. The molecule has 1 aromatic heterocycles. The highest BCUT2D eigenvalue weighted by Gasteiger charge is 2.05. The lowest BCUT2D eigenvalue weighted by molar-refractivity contribution is -0.123. The number of nitrogens with one attached hydrogen (secondary N) is 1. The number of nitrogens with zero attached hydrogens (tertiary/aromatic N) is 1. The van der Waals surface area contributed by atoms with E-state index in [2.05, 4.69) is 10.5 Å². The number of hydrogen-bond acceptors (Lipinski definition) is 4. The molecule has 0 radical (unpaired) electrons. The highest BCUT2D eigenvalue weighted by molar-refractivity contribution is 6.31. The quantitative estimate of drug-likeness (QED) is 0.487. The van der Waals surface area contributed by atoms with E-state index in [4.69, 9.17) is 32.4 Å². The van der Waals surface area contributed by atoms with Gasteiger partial charge in [0.05, 0.1) is 6.21 Å². The number of halogens is 2. The first-order chi connectivity index (χ1) is 12.6. The van der Waals surface area contributed by atoms with Crippen LogP contribution < -0.4 is 10.2 Å². The van der Waals surface area contributed by atoms with Crippen LogP contribution in [0.2, 0.25) is 10.0 Å². The van der Waals surface area contributed by atoms with E-state index in [9.17, 15) is 4.79 Å². The second kappa shape index (κ2) is 8.56. The molecule has 0 bridgehead atoms. The maximum atomic E-state index is 11.7. The van der Waals surface area contributed by atoms with Crippen LogP contribution in [0.25, 0.3) is 11.3 Å². The molecule has 3 aromatic rings. The van der Waals surface area contributed by atoms with Crippen molar-refractivity contribution in [3.8, 4) is 17.1 Å². The summed E-state index contributed by atoms with van der Waals surface area (Å²) in [5.41, 5.74) is 3.23. The maximum Gasteiger partial charge on any atom is 0.277 e. The molecule has 0 aliphatic heterocycles. The van der Waals surface area contributed by atoms with Crippen molar-refractivity contribution in [1.29, 1.82) is 0 Å². The number of hydrogen-bond donors (Lipinski definition) is 1. The maximum absolute atomic E-state index is 11.7. The van der Waals surface area contributed by atoms with Crippen LogP contribution in [0.5, 0.6) is 5.75 Å². The number of carbonyl (C=O) groups is 1. The molecule has 0 aliphatic rings. The Bertz CT molecular complexity index is 921. The van der Waals surface area contributed by atoms with Crippen molar-refractivity contribution in [3.63, 3.8) is 0 Å². The molecular formula is C19H14Cl2N2O3. The Hall–Kier alpha value is -2.76. The fraction of sp³-hybridized carbons (Fsp3) is 0.0526. The lowest BCUT2D eigenvalue weighted by Gasteiger charge is -2.04. The Balaban J connectivity index is 1.50. The van der Waals surface area contributed by atoms with Crippen LogP contribution in [0.1, 0.15) is 5.76 Å². The zero-order valence-electron chi connectivity index (χ0n) is 13.5. The average Bonchev–Trinajstić information content (AvgIpc) is 3.10. The number of hydrazone groups is 1. The van der Waals surface area contributed by atoms with Gasteiger partial charge in [0.2, 0.25) is 0 Å². The Morgan fingerprint density at radius 1 is 1.08 bits per heavy atom. The van der Waals surface area contributed by atoms with Crippen molar-refractivity contribution in [2.24, 2.45) is 5.10 Å². The third kappa shape index (κ3) is 5.12. The minimum atomic E-state index is -0.391. The Morgan fingerprint density at radius 2 is 1.88 bits per heavy atom. The van der Waals surface area contributed by atoms with Gasteiger partial charge in [-0.2, -0.15) is 5.10 Å². The molecule has 0 unspecified atom stereocenters. The zero-order valence-corrected chi connectivity index (χ0v) is 15.0. The molecule has 0 saturated carbocycles. The van der Waals surface area contributed by atoms with Crippen LogP contribution in [0.4, 0.5) is 0 Å². The van der Waals surface area contributed by atoms with E-state index in [1.165, 1.54) is 6.21 Å². The number of rotatable bonds is 6. The van der Waals surface area contributed by atoms with Crippen molar-refractivity contribution >= 4 is 35.3 Å². The first kappa shape index (κ1) is 18.0. The van der Waals surface area contributed by atoms with Crippen molar-refractivity contribution in [2.45, 2.75) is 0 Å². The number of furan rings is 1. The molecule has 132 valence electrons. The summed E-state index contributed by atoms with van der Waals surface area (Å²) in [6, 6.07) is 17.6. The van der Waals surface area contributed by atoms with Gasteiger partial charge < -0.3 is 9.15 Å². The van der Waals surface area contributed by atoms with Gasteiger partial charge in [0.15, 0.2) is 6.61 Å². The Morgan fingerprint density at radius 3 is 2.65 bits per heavy atom. The van der Waals surface area contributed by atoms with E-state index in [0.29, 0.717) is 27.3 Å². The van der Waals surface area contributed by atoms with E-state index >= 15 is 0 Å². The molecule has 2 aromatic carbocycles. The summed E-state index contributed by atoms with van der Waals surface area (Å²) in [7, 11) is 0. The van der Waals surface area contributed by atoms with E-state index < -0.39 is 5.91 Å². The highest BCUT2D eigenvalue weighted by atomic mass is 35.5. The molecular weight excluding hydrogens is 375 g/mol. The summed E-state index contributed by atoms with van der Waals surface area (Å²) in [4.78, 5) is 11.7. The van der Waals surface area contributed by atoms with Gasteiger partial charge in [0, 0.05) is 15.6 Å². The number of amides is 1. The minimum absolute atomic E-state index is 0.162. The van der Waals surface area contributed by atoms with E-state index in [0.717, 1.165) is 5.56 Å². The predicted octanol–water partition coefficient (Wildman–Crippen LogP) is 4.78. The summed E-state index contributed by atoms with van der Waals surface area (Å²) in [6.07, 6.45) is 1.41. The van der Waals surface area contributed by atoms with Crippen LogP contribution in [0.3, 0.4) is 0 Å². The normalized spacial score (nSPS) is 10.8. The fourth-order valence-electron chi connectivity index (χ4n) is 2.10. The van der Waals surface area contributed by atoms with Crippen LogP contribution >= 0.6 is 23.2 Å². The van der Waals surface area contributed by atoms with Crippen molar-refractivity contribution in [1.82, 2.24) is 5.43 Å². The Labute approximate surface area is 160 Å². The smallest absolute Gasteiger partial charge is 0.277 e. The van der Waals surface area contributed by atoms with E-state index in [1.54, 1.807) is 48.5 Å². The molecule has 0 aliphatic carbocycles. The topological polar surface area (TPSA) is 63.8 Å². The third-order valence-electron chi connectivity index (χ3n) is 3.30. The van der Waals surface area contributed by atoms with Crippen LogP contribution in [0.15, 0.2) is 70.2 Å². The second-order valence-corrected chi connectivity index (χ2v) is 6.12. The molecule has 0 saturated heterocycles. The Kier molecular flexibility index (Phi) is 5.94. The molecule has 1 heterocycles. The molecule has 1 N–H and O–H groups in total. The zero-order chi connectivity index (χ0) is 18.4. The van der Waals surface area contributed by atoms with Gasteiger partial charge in [-0.3, -0.25) is 4.79 Å². The lowest BCUT2D eigenvalue weighted by Crippen LogP contribution is -2.24. The summed E-state index contributed by atoms with van der Waals surface area (Å²) in [5, 5.41) is 5.07. The largest absolute Gasteiger partial charge is 0.484 e. The fourth-order valence-corrected chi connectivity index (χ4v) is 2.42. The van der Waals surface area contributed by atoms with Crippen LogP contribution in [-0.4, -0.2) is 18.7 Å². The van der Waals surface area contributed by atoms with Gasteiger partial charge in [-0.05, 0) is 48.5 Å². The van der Waals surface area contributed by atoms with Gasteiger partial charge in [0.1, 0.15) is 17.3 Å². The van der Waals surface area contributed by atoms with Gasteiger partial charge in [-0.1, -0.05) is 35.3 Å². The summed E-state index contributed by atoms with van der Waals surface area (Å²) in [5.74, 6) is 1.31. The molecule has 7 heteroatoms. The highest BCUT2D eigenvalue weighted by Crippen LogP contribution is 2.24. The molecule has 0 fully saturated rings. The molecule has 0 spiro atoms. The molecule has 0 atom stereocenters. The average molecular weight is 389 g/mol. The van der Waals surface area contributed by atoms with Crippen molar-refractivity contribution < 1.29 is 13.9 Å². The number of carbonyl (C=O) groups excluding carboxylic acids is 1. The second-order valence-electron chi connectivity index (χ2n) is 5.25. The summed E-state index contributed by atoms with van der Waals surface area (Å²) < 4.78 is 11.0. The predicted molar refractivity (Wildman–Crippen MR) is 102 cm³/mol. The first-order valence-electron chi connectivity index (χ1n) is 7.66. The van der Waals surface area contributed by atoms with Crippen LogP contribution in [0, 0.1) is 0 Å². The van der Waals surface area contributed by atoms with E-state index in [1.807, 2.05) is 12.1 Å². The lowest BCUT2D eigenvalue weighted by atomic mass is 10.2. The number of ether oxygens (including phenoxy) is 1. The molecule has 3 rings (SSSR count). The summed E-state index contributed by atoms with van der Waals surface area (Å²) >= 11 is 11.7. The van der Waals surface area contributed by atoms with Gasteiger partial charge in [0.25, 0.3) is 5.91 Å². The van der Waals surface area contributed by atoms with Gasteiger partial charge >= 0.3 is 0 Å². The monoisotopic (exact) mass is 388 g/mol. The number of benzene rings is 2. The molecule has 5 nitrogen and oxygen atoms in total. The van der Waals surface area contributed by atoms with Gasteiger partial charge in [-0.25, -0.2) is 5.43 Å². The molecule has 1 amide bonds. The van der Waals surface area contributed by atoms with Gasteiger partial charge in [-0.15, -0.1) is 0 Å². The minimum Gasteiger partial charge on any atom is -0.484 e. The third-order valence-corrected chi connectivity index (χ3v) is 3.79. The van der Waals surface area contributed by atoms with Crippen LogP contribution in [-0.2, 0) is 4.79 Å². The van der Waals surface area contributed by atoms with Crippen molar-refractivity contribution in [3.05, 3.63) is 76.5 Å². The van der Waals surface area contributed by atoms with E-state index in [-0.39, 0.29) is 6.61 Å². The molecule has 26 heavy (non-hydrogen) atoms.